The maximum Gasteiger partial charge on any atom is 0.0739 e. The Morgan fingerprint density at radius 2 is 1.59 bits per heavy atom. The molecule has 0 aliphatic carbocycles. The lowest BCUT2D eigenvalue weighted by Crippen LogP contribution is -2.46. The fraction of sp³-hybridized carbons (Fsp3) is 0.562. The Hall–Kier alpha value is -1.14. The number of benzene rings is 1. The summed E-state index contributed by atoms with van der Waals surface area (Å²) in [5.41, 5.74) is 2.17. The zero-order chi connectivity index (χ0) is 15.5. The molecule has 1 atom stereocenters. The third-order valence-corrected chi connectivity index (χ3v) is 3.77. The van der Waals surface area contributed by atoms with Crippen molar-refractivity contribution in [1.29, 1.82) is 0 Å². The van der Waals surface area contributed by atoms with Crippen molar-refractivity contribution in [3.05, 3.63) is 29.8 Å². The van der Waals surface area contributed by atoms with Crippen molar-refractivity contribution in [2.24, 2.45) is 4.99 Å². The van der Waals surface area contributed by atoms with Crippen molar-refractivity contribution in [2.75, 3.05) is 45.8 Å². The van der Waals surface area contributed by atoms with Crippen LogP contribution >= 0.6 is 12.2 Å². The quantitative estimate of drug-likeness (QED) is 0.488. The summed E-state index contributed by atoms with van der Waals surface area (Å²) in [4.78, 5) is 3.99. The van der Waals surface area contributed by atoms with Crippen LogP contribution in [0.3, 0.4) is 0 Å². The molecule has 4 N–H and O–H groups in total. The van der Waals surface area contributed by atoms with E-state index >= 15 is 0 Å². The molecule has 1 heterocycles. The number of nitrogens with one attached hydrogen (secondary N) is 4. The highest BCUT2D eigenvalue weighted by atomic mass is 32.1. The predicted molar refractivity (Wildman–Crippen MR) is 95.2 cm³/mol. The molecule has 0 bridgehead atoms. The highest BCUT2D eigenvalue weighted by Crippen LogP contribution is 2.13. The largest absolute Gasteiger partial charge is 0.314 e. The SMILES string of the molecule is S=C=Nc1ccc(C[C@H]2CNCCNCCNCCN2)cc1. The van der Waals surface area contributed by atoms with Crippen LogP contribution in [0, 0.1) is 0 Å². The van der Waals surface area contributed by atoms with Crippen LogP contribution in [0.15, 0.2) is 29.3 Å². The number of hydrogen-bond donors (Lipinski definition) is 4. The first kappa shape index (κ1) is 17.2. The predicted octanol–water partition coefficient (Wildman–Crippen LogP) is 0.704. The summed E-state index contributed by atoms with van der Waals surface area (Å²) in [6.45, 7) is 7.02. The minimum atomic E-state index is 0.432. The smallest absolute Gasteiger partial charge is 0.0739 e. The zero-order valence-electron chi connectivity index (χ0n) is 12.9. The van der Waals surface area contributed by atoms with E-state index < -0.39 is 0 Å². The Labute approximate surface area is 138 Å². The average Bonchev–Trinajstić information content (AvgIpc) is 2.52. The molecule has 2 rings (SSSR count). The van der Waals surface area contributed by atoms with Gasteiger partial charge in [0.05, 0.1) is 10.8 Å². The second kappa shape index (κ2) is 10.6. The van der Waals surface area contributed by atoms with Crippen molar-refractivity contribution in [2.45, 2.75) is 12.5 Å². The molecule has 22 heavy (non-hydrogen) atoms. The lowest BCUT2D eigenvalue weighted by molar-refractivity contribution is 0.450. The third-order valence-electron chi connectivity index (χ3n) is 3.68. The van der Waals surface area contributed by atoms with Crippen LogP contribution in [-0.4, -0.2) is 57.0 Å². The molecule has 120 valence electrons. The number of nitrogens with zero attached hydrogens (tertiary/aromatic N) is 1. The van der Waals surface area contributed by atoms with Crippen molar-refractivity contribution >= 4 is 23.1 Å². The lowest BCUT2D eigenvalue weighted by atomic mass is 10.1. The van der Waals surface area contributed by atoms with Gasteiger partial charge in [-0.25, -0.2) is 0 Å². The van der Waals surface area contributed by atoms with E-state index in [2.05, 4.69) is 55.8 Å². The summed E-state index contributed by atoms with van der Waals surface area (Å²) in [6, 6.07) is 8.64. The van der Waals surface area contributed by atoms with E-state index in [1.165, 1.54) is 5.56 Å². The maximum atomic E-state index is 4.62. The van der Waals surface area contributed by atoms with E-state index in [1.54, 1.807) is 0 Å². The van der Waals surface area contributed by atoms with Crippen molar-refractivity contribution < 1.29 is 0 Å². The van der Waals surface area contributed by atoms with Gasteiger partial charge in [-0.05, 0) is 36.3 Å². The summed E-state index contributed by atoms with van der Waals surface area (Å²) in [6.07, 6.45) is 1.00. The highest BCUT2D eigenvalue weighted by Gasteiger charge is 2.09. The fourth-order valence-corrected chi connectivity index (χ4v) is 2.61. The number of isothiocyanates is 1. The van der Waals surface area contributed by atoms with Gasteiger partial charge in [-0.15, -0.1) is 0 Å². The van der Waals surface area contributed by atoms with Crippen LogP contribution < -0.4 is 21.3 Å². The molecule has 0 unspecified atom stereocenters. The van der Waals surface area contributed by atoms with Crippen molar-refractivity contribution in [3.8, 4) is 0 Å². The molecule has 0 aromatic heterocycles. The minimum absolute atomic E-state index is 0.432. The molecular formula is C16H25N5S. The minimum Gasteiger partial charge on any atom is -0.314 e. The van der Waals surface area contributed by atoms with Gasteiger partial charge in [-0.3, -0.25) is 0 Å². The molecule has 6 heteroatoms. The van der Waals surface area contributed by atoms with Crippen LogP contribution in [0.2, 0.25) is 0 Å². The zero-order valence-corrected chi connectivity index (χ0v) is 13.7. The molecule has 1 aromatic carbocycles. The third kappa shape index (κ3) is 6.75. The van der Waals surface area contributed by atoms with Crippen molar-refractivity contribution in [1.82, 2.24) is 21.3 Å². The lowest BCUT2D eigenvalue weighted by Gasteiger charge is -2.21. The summed E-state index contributed by atoms with van der Waals surface area (Å²) in [5.74, 6) is 0. The fourth-order valence-electron chi connectivity index (χ4n) is 2.50. The standard InChI is InChI=1S/C16H25N5S/c22-13-21-15-3-1-14(2-4-15)11-16-12-19-8-7-17-5-6-18-9-10-20-16/h1-4,16-20H,5-12H2/t16-/m0/s1. The molecule has 0 radical (unpaired) electrons. The van der Waals surface area contributed by atoms with Crippen LogP contribution in [0.1, 0.15) is 5.56 Å². The summed E-state index contributed by atoms with van der Waals surface area (Å²) in [5, 5.41) is 16.4. The van der Waals surface area contributed by atoms with Crippen molar-refractivity contribution in [3.63, 3.8) is 0 Å². The van der Waals surface area contributed by atoms with E-state index in [0.29, 0.717) is 6.04 Å². The van der Waals surface area contributed by atoms with Crippen LogP contribution in [0.25, 0.3) is 0 Å². The average molecular weight is 319 g/mol. The summed E-state index contributed by atoms with van der Waals surface area (Å²) < 4.78 is 0. The number of hydrogen-bond acceptors (Lipinski definition) is 6. The van der Waals surface area contributed by atoms with Gasteiger partial charge in [0.25, 0.3) is 0 Å². The van der Waals surface area contributed by atoms with E-state index in [-0.39, 0.29) is 0 Å². The normalized spacial score (nSPS) is 21.2. The van der Waals surface area contributed by atoms with Crippen LogP contribution in [-0.2, 0) is 6.42 Å². The highest BCUT2D eigenvalue weighted by molar-refractivity contribution is 7.78. The maximum absolute atomic E-state index is 4.62. The second-order valence-corrected chi connectivity index (χ2v) is 5.61. The van der Waals surface area contributed by atoms with Gasteiger partial charge in [-0.2, -0.15) is 4.99 Å². The molecular weight excluding hydrogens is 294 g/mol. The number of thiocarbonyl (C=S) groups is 1. The monoisotopic (exact) mass is 319 g/mol. The number of aliphatic imine (C=N–C) groups is 1. The molecule has 1 fully saturated rings. The van der Waals surface area contributed by atoms with E-state index in [0.717, 1.165) is 57.9 Å². The van der Waals surface area contributed by atoms with Crippen LogP contribution in [0.4, 0.5) is 5.69 Å². The second-order valence-electron chi connectivity index (χ2n) is 5.43. The molecule has 0 saturated carbocycles. The van der Waals surface area contributed by atoms with Gasteiger partial charge >= 0.3 is 0 Å². The van der Waals surface area contributed by atoms with Gasteiger partial charge < -0.3 is 21.3 Å². The molecule has 1 aromatic rings. The molecule has 1 saturated heterocycles. The Morgan fingerprint density at radius 3 is 2.27 bits per heavy atom. The summed E-state index contributed by atoms with van der Waals surface area (Å²) in [7, 11) is 0. The molecule has 0 amide bonds. The topological polar surface area (TPSA) is 60.5 Å². The van der Waals surface area contributed by atoms with E-state index in [1.807, 2.05) is 12.1 Å². The van der Waals surface area contributed by atoms with E-state index in [9.17, 15) is 0 Å². The Kier molecular flexibility index (Phi) is 8.27. The first-order chi connectivity index (χ1) is 10.9. The molecule has 5 nitrogen and oxygen atoms in total. The van der Waals surface area contributed by atoms with Crippen LogP contribution in [0.5, 0.6) is 0 Å². The summed E-state index contributed by atoms with van der Waals surface area (Å²) >= 11 is 4.62. The van der Waals surface area contributed by atoms with Gasteiger partial charge in [0.2, 0.25) is 0 Å². The molecule has 0 spiro atoms. The number of rotatable bonds is 3. The first-order valence-electron chi connectivity index (χ1n) is 7.91. The first-order valence-corrected chi connectivity index (χ1v) is 8.31. The van der Waals surface area contributed by atoms with E-state index in [4.69, 9.17) is 0 Å². The Morgan fingerprint density at radius 1 is 0.955 bits per heavy atom. The molecule has 1 aliphatic heterocycles. The van der Waals surface area contributed by atoms with Gasteiger partial charge in [0, 0.05) is 51.9 Å². The Balaban J connectivity index is 1.87. The van der Waals surface area contributed by atoms with Gasteiger partial charge in [-0.1, -0.05) is 12.1 Å². The molecule has 1 aliphatic rings. The Bertz CT molecular complexity index is 458. The van der Waals surface area contributed by atoms with Gasteiger partial charge in [0.15, 0.2) is 0 Å². The van der Waals surface area contributed by atoms with Gasteiger partial charge in [0.1, 0.15) is 0 Å².